The average molecular weight is 617 g/mol. The Kier molecular flexibility index (Phi) is 8.06. The van der Waals surface area contributed by atoms with E-state index in [1.807, 2.05) is 0 Å². The molecule has 1 amide bonds. The van der Waals surface area contributed by atoms with Crippen molar-refractivity contribution in [2.24, 2.45) is 5.73 Å². The first-order valence-electron chi connectivity index (χ1n) is 12.3. The number of imidazole rings is 2. The number of aromatic nitrogens is 6. The van der Waals surface area contributed by atoms with E-state index in [0.29, 0.717) is 0 Å². The second-order valence-electron chi connectivity index (χ2n) is 9.24. The molecule has 11 N–H and O–H groups in total. The lowest BCUT2D eigenvalue weighted by molar-refractivity contribution is -0.141. The number of nitrogen functional groups attached to an aromatic ring is 2. The number of nitrogens with two attached hydrogens (primary N) is 3. The van der Waals surface area contributed by atoms with E-state index in [4.69, 9.17) is 40.5 Å². The van der Waals surface area contributed by atoms with Crippen molar-refractivity contribution in [1.29, 1.82) is 0 Å². The molecule has 0 aromatic carbocycles. The first kappa shape index (κ1) is 30.0. The van der Waals surface area contributed by atoms with Crippen LogP contribution in [0.4, 0.5) is 11.8 Å². The van der Waals surface area contributed by atoms with Crippen molar-refractivity contribution < 1.29 is 52.8 Å². The second-order valence-corrected chi connectivity index (χ2v) is 10.6. The van der Waals surface area contributed by atoms with Gasteiger partial charge in [0.05, 0.1) is 19.3 Å². The maximum atomic E-state index is 13.0. The van der Waals surface area contributed by atoms with Crippen LogP contribution in [0.2, 0.25) is 0 Å². The number of nitrogens with zero attached hydrogens (tertiary/aromatic N) is 5. The molecule has 2 fully saturated rings. The number of phosphoric ester groups is 1. The Hall–Kier alpha value is -3.50. The molecule has 9 atom stereocenters. The molecule has 9 unspecified atom stereocenters. The van der Waals surface area contributed by atoms with Crippen LogP contribution < -0.4 is 22.8 Å². The predicted octanol–water partition coefficient (Wildman–Crippen LogP) is -3.35. The maximum absolute atomic E-state index is 13.0. The van der Waals surface area contributed by atoms with Gasteiger partial charge in [-0.05, 0) is 6.92 Å². The minimum atomic E-state index is -5.07. The van der Waals surface area contributed by atoms with Crippen molar-refractivity contribution in [3.63, 3.8) is 0 Å². The average Bonchev–Trinajstić information content (AvgIpc) is 3.65. The molecule has 5 heterocycles. The third-order valence-electron chi connectivity index (χ3n) is 6.58. The van der Waals surface area contributed by atoms with Gasteiger partial charge in [0.1, 0.15) is 36.3 Å². The summed E-state index contributed by atoms with van der Waals surface area (Å²) in [6.07, 6.45) is -9.68. The van der Waals surface area contributed by atoms with Crippen molar-refractivity contribution in [2.75, 3.05) is 24.7 Å². The normalized spacial score (nSPS) is 31.1. The molecule has 42 heavy (non-hydrogen) atoms. The van der Waals surface area contributed by atoms with Crippen LogP contribution in [-0.2, 0) is 27.8 Å². The summed E-state index contributed by atoms with van der Waals surface area (Å²) in [5, 5.41) is 31.4. The van der Waals surface area contributed by atoms with Gasteiger partial charge in [-0.15, -0.1) is 0 Å². The van der Waals surface area contributed by atoms with E-state index in [9.17, 15) is 34.4 Å². The molecule has 2 aliphatic heterocycles. The number of nitrogens with one attached hydrogen (secondary N) is 1. The molecule has 22 heteroatoms. The highest BCUT2D eigenvalue weighted by molar-refractivity contribution is 7.47. The van der Waals surface area contributed by atoms with Crippen LogP contribution in [0.15, 0.2) is 17.4 Å². The Morgan fingerprint density at radius 2 is 1.83 bits per heavy atom. The van der Waals surface area contributed by atoms with Gasteiger partial charge in [-0.2, -0.15) is 4.98 Å². The molecular weight excluding hydrogens is 589 g/mol. The topological polar surface area (TPSA) is 321 Å². The lowest BCUT2D eigenvalue weighted by Gasteiger charge is -2.25. The number of fused-ring (bicyclic) bond motifs is 1. The zero-order valence-corrected chi connectivity index (χ0v) is 22.6. The number of carbonyl (C=O) groups is 1. The zero-order chi connectivity index (χ0) is 30.5. The van der Waals surface area contributed by atoms with E-state index >= 15 is 0 Å². The van der Waals surface area contributed by atoms with Crippen molar-refractivity contribution >= 4 is 36.7 Å². The number of ether oxygens (including phenoxy) is 3. The Labute approximate surface area is 234 Å². The molecule has 230 valence electrons. The van der Waals surface area contributed by atoms with Gasteiger partial charge in [0.25, 0.3) is 11.5 Å². The van der Waals surface area contributed by atoms with Crippen molar-refractivity contribution in [2.45, 2.75) is 56.2 Å². The number of aliphatic hydroxyl groups is 3. The number of aliphatic hydroxyl groups excluding tert-OH is 3. The number of phosphoric acid groups is 1. The SMILES string of the molecule is CCOC1C(COP(=O)(O)OC2C(O)C(O)OC2n2cnc3c(=O)[nH]c(N)nc32)OC(n2cnc(C(N)=O)c2N)C1O. The lowest BCUT2D eigenvalue weighted by atomic mass is 10.1. The Bertz CT molecular complexity index is 1580. The van der Waals surface area contributed by atoms with Gasteiger partial charge in [0, 0.05) is 6.61 Å². The number of carbonyl (C=O) groups excluding carboxylic acids is 1. The Morgan fingerprint density at radius 3 is 2.50 bits per heavy atom. The van der Waals surface area contributed by atoms with E-state index in [1.165, 1.54) is 0 Å². The maximum Gasteiger partial charge on any atom is 0.472 e. The first-order valence-corrected chi connectivity index (χ1v) is 13.8. The largest absolute Gasteiger partial charge is 0.472 e. The summed E-state index contributed by atoms with van der Waals surface area (Å²) < 4.78 is 42.1. The molecule has 3 aromatic heterocycles. The zero-order valence-electron chi connectivity index (χ0n) is 21.7. The van der Waals surface area contributed by atoms with Gasteiger partial charge in [-0.25, -0.2) is 14.5 Å². The Morgan fingerprint density at radius 1 is 1.12 bits per heavy atom. The van der Waals surface area contributed by atoms with Crippen LogP contribution in [-0.4, -0.2) is 105 Å². The van der Waals surface area contributed by atoms with Crippen molar-refractivity contribution in [3.8, 4) is 0 Å². The third kappa shape index (κ3) is 5.38. The summed E-state index contributed by atoms with van der Waals surface area (Å²) in [6.45, 7) is 1.07. The summed E-state index contributed by atoms with van der Waals surface area (Å²) >= 11 is 0. The first-order chi connectivity index (χ1) is 19.8. The summed E-state index contributed by atoms with van der Waals surface area (Å²) in [7, 11) is -5.07. The summed E-state index contributed by atoms with van der Waals surface area (Å²) in [5.41, 5.74) is 15.5. The molecular formula is C20H28N9O12P. The molecule has 21 nitrogen and oxygen atoms in total. The highest BCUT2D eigenvalue weighted by atomic mass is 31.2. The molecule has 0 saturated carbocycles. The summed E-state index contributed by atoms with van der Waals surface area (Å²) in [4.78, 5) is 48.1. The van der Waals surface area contributed by atoms with Crippen LogP contribution in [0.5, 0.6) is 0 Å². The second kappa shape index (κ2) is 11.3. The lowest BCUT2D eigenvalue weighted by Crippen LogP contribution is -2.37. The number of hydrogen-bond acceptors (Lipinski definition) is 16. The van der Waals surface area contributed by atoms with E-state index in [2.05, 4.69) is 19.9 Å². The van der Waals surface area contributed by atoms with Crippen molar-refractivity contribution in [1.82, 2.24) is 29.1 Å². The van der Waals surface area contributed by atoms with Crippen LogP contribution in [0, 0.1) is 0 Å². The monoisotopic (exact) mass is 617 g/mol. The molecule has 0 aliphatic carbocycles. The van der Waals surface area contributed by atoms with E-state index in [-0.39, 0.29) is 35.2 Å². The smallest absolute Gasteiger partial charge is 0.386 e. The van der Waals surface area contributed by atoms with E-state index in [0.717, 1.165) is 21.8 Å². The Balaban J connectivity index is 1.33. The minimum Gasteiger partial charge on any atom is -0.386 e. The number of amides is 1. The van der Waals surface area contributed by atoms with Gasteiger partial charge < -0.3 is 51.6 Å². The summed E-state index contributed by atoms with van der Waals surface area (Å²) in [6, 6.07) is 0. The highest BCUT2D eigenvalue weighted by Crippen LogP contribution is 2.50. The third-order valence-corrected chi connectivity index (χ3v) is 7.56. The summed E-state index contributed by atoms with van der Waals surface area (Å²) in [5.74, 6) is -1.37. The number of anilines is 2. The standard InChI is InChI=1S/C20H28N9O12P/c1-2-37-11-6(39-17(9(11)30)28-4-24-7(13(28)21)14(22)32)3-38-42(35,36)41-12-10(31)19(34)40-18(12)29-5-25-8-15(29)26-20(23)27-16(8)33/h4-6,9-12,17-19,30-31,34H,2-3,21H2,1H3,(H2,22,32)(H,35,36)(H3,23,26,27,33). The van der Waals surface area contributed by atoms with E-state index < -0.39 is 75.2 Å². The number of aromatic amines is 1. The van der Waals surface area contributed by atoms with Gasteiger partial charge in [0.15, 0.2) is 35.6 Å². The van der Waals surface area contributed by atoms with E-state index in [1.54, 1.807) is 6.92 Å². The van der Waals surface area contributed by atoms with Crippen LogP contribution in [0.25, 0.3) is 11.2 Å². The van der Waals surface area contributed by atoms with Crippen LogP contribution in [0.3, 0.4) is 0 Å². The van der Waals surface area contributed by atoms with Gasteiger partial charge in [-0.1, -0.05) is 0 Å². The van der Waals surface area contributed by atoms with Crippen LogP contribution >= 0.6 is 7.82 Å². The minimum absolute atomic E-state index is 0.110. The number of hydrogen-bond donors (Lipinski definition) is 8. The molecule has 3 aromatic rings. The number of primary amides is 1. The molecule has 0 spiro atoms. The molecule has 0 bridgehead atoms. The highest BCUT2D eigenvalue weighted by Gasteiger charge is 2.51. The van der Waals surface area contributed by atoms with Crippen molar-refractivity contribution in [3.05, 3.63) is 28.7 Å². The quantitative estimate of drug-likeness (QED) is 0.103. The molecule has 0 radical (unpaired) electrons. The van der Waals surface area contributed by atoms with Gasteiger partial charge >= 0.3 is 7.82 Å². The fourth-order valence-corrected chi connectivity index (χ4v) is 5.63. The number of H-pyrrole nitrogens is 1. The molecule has 2 aliphatic rings. The molecule has 5 rings (SSSR count). The van der Waals surface area contributed by atoms with Gasteiger partial charge in [0.2, 0.25) is 5.95 Å². The fourth-order valence-electron chi connectivity index (χ4n) is 4.70. The predicted molar refractivity (Wildman–Crippen MR) is 136 cm³/mol. The molecule has 2 saturated heterocycles. The fraction of sp³-hybridized carbons (Fsp3) is 0.550. The number of rotatable bonds is 10. The van der Waals surface area contributed by atoms with Crippen LogP contribution in [0.1, 0.15) is 29.9 Å². The van der Waals surface area contributed by atoms with Gasteiger partial charge in [-0.3, -0.25) is 32.8 Å².